The molecule has 4 nitrogen and oxygen atoms in total. The van der Waals surface area contributed by atoms with Crippen LogP contribution in [0.3, 0.4) is 0 Å². The third-order valence-corrected chi connectivity index (χ3v) is 2.97. The summed E-state index contributed by atoms with van der Waals surface area (Å²) in [5, 5.41) is 10.3. The Morgan fingerprint density at radius 3 is 2.50 bits per heavy atom. The molecule has 0 aliphatic carbocycles. The lowest BCUT2D eigenvalue weighted by atomic mass is 9.99. The van der Waals surface area contributed by atoms with Gasteiger partial charge in [-0.1, -0.05) is 23.7 Å². The largest absolute Gasteiger partial charge is 0.511 e. The SMILES string of the molecule is CC(=O)C1=C(O)CC(c2ccc(Cl)cc2)OC1=O. The van der Waals surface area contributed by atoms with Crippen molar-refractivity contribution in [2.45, 2.75) is 19.4 Å². The maximum atomic E-state index is 11.6. The highest BCUT2D eigenvalue weighted by Crippen LogP contribution is 2.31. The predicted molar refractivity (Wildman–Crippen MR) is 65.2 cm³/mol. The maximum absolute atomic E-state index is 11.6. The van der Waals surface area contributed by atoms with Gasteiger partial charge in [0.25, 0.3) is 0 Å². The van der Waals surface area contributed by atoms with Gasteiger partial charge in [-0.25, -0.2) is 4.79 Å². The molecule has 0 fully saturated rings. The number of esters is 1. The smallest absolute Gasteiger partial charge is 0.345 e. The molecule has 1 aromatic rings. The Kier molecular flexibility index (Phi) is 3.39. The van der Waals surface area contributed by atoms with Crippen LogP contribution in [0.25, 0.3) is 0 Å². The minimum atomic E-state index is -0.786. The van der Waals surface area contributed by atoms with Crippen LogP contribution in [0.5, 0.6) is 0 Å². The number of aliphatic hydroxyl groups is 1. The minimum absolute atomic E-state index is 0.0995. The average Bonchev–Trinajstić information content (AvgIpc) is 2.28. The molecule has 2 rings (SSSR count). The van der Waals surface area contributed by atoms with E-state index in [0.717, 1.165) is 5.56 Å². The summed E-state index contributed by atoms with van der Waals surface area (Å²) in [6, 6.07) is 6.77. The number of ketones is 1. The molecule has 18 heavy (non-hydrogen) atoms. The van der Waals surface area contributed by atoms with Gasteiger partial charge < -0.3 is 9.84 Å². The zero-order chi connectivity index (χ0) is 13.3. The number of hydrogen-bond acceptors (Lipinski definition) is 4. The zero-order valence-corrected chi connectivity index (χ0v) is 10.4. The number of ether oxygens (including phenoxy) is 1. The second-order valence-corrected chi connectivity index (χ2v) is 4.46. The second-order valence-electron chi connectivity index (χ2n) is 4.03. The summed E-state index contributed by atoms with van der Waals surface area (Å²) in [5.74, 6) is -1.50. The molecule has 1 aliphatic rings. The van der Waals surface area contributed by atoms with E-state index in [1.54, 1.807) is 24.3 Å². The number of rotatable bonds is 2. The van der Waals surface area contributed by atoms with E-state index in [9.17, 15) is 14.7 Å². The standard InChI is InChI=1S/C13H11ClO4/c1-7(15)12-10(16)6-11(18-13(12)17)8-2-4-9(14)5-3-8/h2-5,11,16H,6H2,1H3. The lowest BCUT2D eigenvalue weighted by molar-refractivity contribution is -0.148. The first-order valence-corrected chi connectivity index (χ1v) is 5.76. The number of carbonyl (C=O) groups excluding carboxylic acids is 2. The highest BCUT2D eigenvalue weighted by Gasteiger charge is 2.32. The monoisotopic (exact) mass is 266 g/mol. The van der Waals surface area contributed by atoms with Crippen molar-refractivity contribution in [3.8, 4) is 0 Å². The van der Waals surface area contributed by atoms with E-state index in [1.807, 2.05) is 0 Å². The van der Waals surface area contributed by atoms with Gasteiger partial charge in [0.05, 0.1) is 0 Å². The third kappa shape index (κ3) is 2.38. The second kappa shape index (κ2) is 4.82. The van der Waals surface area contributed by atoms with Crippen LogP contribution in [0, 0.1) is 0 Å². The van der Waals surface area contributed by atoms with Gasteiger partial charge in [-0.15, -0.1) is 0 Å². The molecule has 94 valence electrons. The molecule has 1 aromatic carbocycles. The summed E-state index contributed by atoms with van der Waals surface area (Å²) >= 11 is 5.76. The van der Waals surface area contributed by atoms with Gasteiger partial charge in [0, 0.05) is 11.4 Å². The van der Waals surface area contributed by atoms with Crippen LogP contribution in [0.1, 0.15) is 25.0 Å². The lowest BCUT2D eigenvalue weighted by Crippen LogP contribution is -2.24. The molecular weight excluding hydrogens is 256 g/mol. The van der Waals surface area contributed by atoms with Gasteiger partial charge in [-0.05, 0) is 24.6 Å². The van der Waals surface area contributed by atoms with Crippen molar-refractivity contribution in [1.82, 2.24) is 0 Å². The van der Waals surface area contributed by atoms with E-state index in [1.165, 1.54) is 6.92 Å². The third-order valence-electron chi connectivity index (χ3n) is 2.71. The molecule has 5 heteroatoms. The van der Waals surface area contributed by atoms with Gasteiger partial charge in [0.15, 0.2) is 5.78 Å². The number of cyclic esters (lactones) is 1. The van der Waals surface area contributed by atoms with Crippen LogP contribution >= 0.6 is 11.6 Å². The lowest BCUT2D eigenvalue weighted by Gasteiger charge is -2.23. The molecule has 1 aliphatic heterocycles. The number of aliphatic hydroxyl groups excluding tert-OH is 1. The number of benzene rings is 1. The first-order valence-electron chi connectivity index (χ1n) is 5.38. The number of Topliss-reactive ketones (excluding diaryl/α,β-unsaturated/α-hetero) is 1. The van der Waals surface area contributed by atoms with Gasteiger partial charge in [-0.3, -0.25) is 4.79 Å². The van der Waals surface area contributed by atoms with Crippen LogP contribution in [0.2, 0.25) is 5.02 Å². The van der Waals surface area contributed by atoms with Crippen LogP contribution in [0.4, 0.5) is 0 Å². The van der Waals surface area contributed by atoms with Crippen LogP contribution in [0.15, 0.2) is 35.6 Å². The van der Waals surface area contributed by atoms with Gasteiger partial charge in [-0.2, -0.15) is 0 Å². The molecule has 0 radical (unpaired) electrons. The van der Waals surface area contributed by atoms with E-state index < -0.39 is 17.9 Å². The zero-order valence-electron chi connectivity index (χ0n) is 9.64. The molecule has 0 aromatic heterocycles. The van der Waals surface area contributed by atoms with Crippen molar-refractivity contribution >= 4 is 23.4 Å². The van der Waals surface area contributed by atoms with Crippen molar-refractivity contribution in [1.29, 1.82) is 0 Å². The summed E-state index contributed by atoms with van der Waals surface area (Å²) in [6.45, 7) is 1.22. The molecule has 0 amide bonds. The molecule has 1 heterocycles. The normalized spacial score (nSPS) is 19.7. The van der Waals surface area contributed by atoms with Crippen LogP contribution in [-0.4, -0.2) is 16.9 Å². The Bertz CT molecular complexity index is 530. The van der Waals surface area contributed by atoms with Gasteiger partial charge in [0.2, 0.25) is 0 Å². The Balaban J connectivity index is 2.29. The Hall–Kier alpha value is -1.81. The first-order chi connectivity index (χ1) is 8.49. The fourth-order valence-electron chi connectivity index (χ4n) is 1.84. The van der Waals surface area contributed by atoms with Gasteiger partial charge in [0.1, 0.15) is 17.4 Å². The van der Waals surface area contributed by atoms with E-state index >= 15 is 0 Å². The minimum Gasteiger partial charge on any atom is -0.511 e. The van der Waals surface area contributed by atoms with Crippen LogP contribution < -0.4 is 0 Å². The molecule has 1 unspecified atom stereocenters. The number of carbonyl (C=O) groups is 2. The summed E-state index contributed by atoms with van der Waals surface area (Å²) in [6.07, 6.45) is -0.486. The highest BCUT2D eigenvalue weighted by molar-refractivity contribution is 6.30. The topological polar surface area (TPSA) is 63.6 Å². The molecule has 0 saturated carbocycles. The Morgan fingerprint density at radius 1 is 1.39 bits per heavy atom. The van der Waals surface area contributed by atoms with Crippen molar-refractivity contribution in [2.24, 2.45) is 0 Å². The molecule has 0 spiro atoms. The van der Waals surface area contributed by atoms with E-state index in [4.69, 9.17) is 16.3 Å². The van der Waals surface area contributed by atoms with E-state index in [2.05, 4.69) is 0 Å². The van der Waals surface area contributed by atoms with Crippen molar-refractivity contribution < 1.29 is 19.4 Å². The van der Waals surface area contributed by atoms with Crippen molar-refractivity contribution in [2.75, 3.05) is 0 Å². The Morgan fingerprint density at radius 2 is 2.00 bits per heavy atom. The summed E-state index contributed by atoms with van der Waals surface area (Å²) in [5.41, 5.74) is 0.460. The number of hydrogen-bond donors (Lipinski definition) is 1. The first kappa shape index (κ1) is 12.6. The quantitative estimate of drug-likeness (QED) is 0.660. The predicted octanol–water partition coefficient (Wildman–Crippen LogP) is 2.73. The van der Waals surface area contributed by atoms with E-state index in [-0.39, 0.29) is 17.8 Å². The summed E-state index contributed by atoms with van der Waals surface area (Å²) in [7, 11) is 0. The van der Waals surface area contributed by atoms with Crippen molar-refractivity contribution in [3.05, 3.63) is 46.2 Å². The summed E-state index contributed by atoms with van der Waals surface area (Å²) < 4.78 is 5.14. The fourth-order valence-corrected chi connectivity index (χ4v) is 1.96. The van der Waals surface area contributed by atoms with Crippen molar-refractivity contribution in [3.63, 3.8) is 0 Å². The van der Waals surface area contributed by atoms with E-state index in [0.29, 0.717) is 5.02 Å². The van der Waals surface area contributed by atoms with Gasteiger partial charge >= 0.3 is 5.97 Å². The fraction of sp³-hybridized carbons (Fsp3) is 0.231. The molecule has 0 bridgehead atoms. The molecule has 1 N–H and O–H groups in total. The Labute approximate surface area is 109 Å². The molecule has 1 atom stereocenters. The van der Waals surface area contributed by atoms with Crippen LogP contribution in [-0.2, 0) is 14.3 Å². The maximum Gasteiger partial charge on any atom is 0.345 e. The molecule has 0 saturated heterocycles. The average molecular weight is 267 g/mol. The highest BCUT2D eigenvalue weighted by atomic mass is 35.5. The molecular formula is C13H11ClO4. The number of halogens is 1. The summed E-state index contributed by atoms with van der Waals surface area (Å²) in [4.78, 5) is 22.8.